The molecule has 0 radical (unpaired) electrons. The van der Waals surface area contributed by atoms with Crippen LogP contribution in [0.25, 0.3) is 0 Å². The summed E-state index contributed by atoms with van der Waals surface area (Å²) in [5.41, 5.74) is 9.95. The minimum atomic E-state index is -0.182. The van der Waals surface area contributed by atoms with Crippen molar-refractivity contribution in [3.8, 4) is 0 Å². The highest BCUT2D eigenvalue weighted by Gasteiger charge is 2.28. The number of carbonyl (C=O) groups excluding carboxylic acids is 3. The SMILES string of the molecule is C=C=C=C=C1C(CCCCC)CC(=O)OCCCCCCCCC(OC(=O)CN2CCN(C)CC2)CCCCCCCCOC(=O)CC1CCCCC. The second-order valence-corrected chi connectivity index (χ2v) is 15.6. The highest BCUT2D eigenvalue weighted by molar-refractivity contribution is 5.72. The first-order valence-electron chi connectivity index (χ1n) is 21.7. The van der Waals surface area contributed by atoms with E-state index in [1.54, 1.807) is 0 Å². The molecule has 0 aromatic heterocycles. The van der Waals surface area contributed by atoms with E-state index in [4.69, 9.17) is 14.2 Å². The van der Waals surface area contributed by atoms with Crippen LogP contribution in [0.4, 0.5) is 0 Å². The summed E-state index contributed by atoms with van der Waals surface area (Å²) in [4.78, 5) is 43.9. The molecular formula is C45H76N2O6. The van der Waals surface area contributed by atoms with Gasteiger partial charge in [-0.05, 0) is 88.1 Å². The number of piperazine rings is 1. The van der Waals surface area contributed by atoms with E-state index in [0.29, 0.717) is 19.8 Å². The minimum absolute atomic E-state index is 0.0115. The third-order valence-electron chi connectivity index (χ3n) is 10.9. The van der Waals surface area contributed by atoms with Crippen molar-refractivity contribution in [2.24, 2.45) is 11.8 Å². The van der Waals surface area contributed by atoms with Gasteiger partial charge in [0.1, 0.15) is 6.10 Å². The predicted octanol–water partition coefficient (Wildman–Crippen LogP) is 9.90. The topological polar surface area (TPSA) is 85.4 Å². The van der Waals surface area contributed by atoms with Crippen molar-refractivity contribution < 1.29 is 28.6 Å². The van der Waals surface area contributed by atoms with Crippen molar-refractivity contribution in [3.63, 3.8) is 0 Å². The van der Waals surface area contributed by atoms with Crippen molar-refractivity contribution in [3.05, 3.63) is 29.3 Å². The molecule has 2 aliphatic rings. The van der Waals surface area contributed by atoms with Crippen molar-refractivity contribution in [1.29, 1.82) is 0 Å². The van der Waals surface area contributed by atoms with Gasteiger partial charge in [-0.3, -0.25) is 19.3 Å². The fraction of sp³-hybridized carbons (Fsp3) is 0.822. The number of unbranched alkanes of at least 4 members (excludes halogenated alkanes) is 4. The van der Waals surface area contributed by atoms with Crippen LogP contribution in [0.1, 0.15) is 168 Å². The number of esters is 3. The van der Waals surface area contributed by atoms with E-state index in [1.807, 2.05) is 0 Å². The summed E-state index contributed by atoms with van der Waals surface area (Å²) < 4.78 is 17.6. The van der Waals surface area contributed by atoms with Crippen molar-refractivity contribution >= 4 is 17.9 Å². The van der Waals surface area contributed by atoms with Gasteiger partial charge in [-0.15, -0.1) is 0 Å². The van der Waals surface area contributed by atoms with E-state index in [9.17, 15) is 14.4 Å². The zero-order valence-corrected chi connectivity index (χ0v) is 34.2. The molecule has 2 unspecified atom stereocenters. The molecule has 2 aliphatic heterocycles. The van der Waals surface area contributed by atoms with Crippen LogP contribution in [-0.4, -0.2) is 86.8 Å². The van der Waals surface area contributed by atoms with E-state index in [0.717, 1.165) is 173 Å². The van der Waals surface area contributed by atoms with Crippen molar-refractivity contribution in [2.45, 2.75) is 174 Å². The van der Waals surface area contributed by atoms with Gasteiger partial charge in [0.25, 0.3) is 0 Å². The molecule has 0 saturated carbocycles. The fourth-order valence-corrected chi connectivity index (χ4v) is 7.60. The number of nitrogens with zero attached hydrogens (tertiary/aromatic N) is 2. The number of ether oxygens (including phenoxy) is 3. The molecule has 0 aromatic carbocycles. The summed E-state index contributed by atoms with van der Waals surface area (Å²) in [5.74, 6) is -0.582. The average Bonchev–Trinajstić information content (AvgIpc) is 3.13. The monoisotopic (exact) mass is 741 g/mol. The van der Waals surface area contributed by atoms with Gasteiger partial charge in [0.05, 0.1) is 32.6 Å². The Balaban J connectivity index is 2.05. The number of rotatable bonds is 11. The Morgan fingerprint density at radius 1 is 0.717 bits per heavy atom. The minimum Gasteiger partial charge on any atom is -0.466 e. The summed E-state index contributed by atoms with van der Waals surface area (Å²) in [7, 11) is 2.13. The average molecular weight is 741 g/mol. The lowest BCUT2D eigenvalue weighted by Gasteiger charge is -2.32. The Hall–Kier alpha value is -2.59. The lowest BCUT2D eigenvalue weighted by molar-refractivity contribution is -0.151. The molecular weight excluding hydrogens is 665 g/mol. The summed E-state index contributed by atoms with van der Waals surface area (Å²) >= 11 is 0. The summed E-state index contributed by atoms with van der Waals surface area (Å²) in [6, 6.07) is 0. The molecule has 2 rings (SSSR count). The number of hydrogen-bond donors (Lipinski definition) is 0. The molecule has 0 bridgehead atoms. The Labute approximate surface area is 323 Å². The smallest absolute Gasteiger partial charge is 0.320 e. The zero-order chi connectivity index (χ0) is 38.4. The molecule has 0 spiro atoms. The van der Waals surface area contributed by atoms with Crippen molar-refractivity contribution in [2.75, 3.05) is 53.0 Å². The number of cyclic esters (lactones) is 2. The van der Waals surface area contributed by atoms with E-state index in [-0.39, 0.29) is 48.7 Å². The molecule has 2 saturated heterocycles. The normalized spacial score (nSPS) is 23.8. The fourth-order valence-electron chi connectivity index (χ4n) is 7.60. The van der Waals surface area contributed by atoms with Gasteiger partial charge in [0.15, 0.2) is 0 Å². The van der Waals surface area contributed by atoms with Crippen LogP contribution >= 0.6 is 0 Å². The van der Waals surface area contributed by atoms with E-state index in [1.165, 1.54) is 0 Å². The van der Waals surface area contributed by atoms with E-state index >= 15 is 0 Å². The van der Waals surface area contributed by atoms with Crippen LogP contribution in [0.15, 0.2) is 29.3 Å². The van der Waals surface area contributed by atoms with Crippen LogP contribution in [0.2, 0.25) is 0 Å². The van der Waals surface area contributed by atoms with Gasteiger partial charge < -0.3 is 19.1 Å². The molecule has 0 amide bonds. The molecule has 0 aromatic rings. The highest BCUT2D eigenvalue weighted by Crippen LogP contribution is 2.33. The molecule has 53 heavy (non-hydrogen) atoms. The first kappa shape index (κ1) is 46.6. The Bertz CT molecular complexity index is 1080. The molecule has 8 heteroatoms. The van der Waals surface area contributed by atoms with Crippen LogP contribution in [0.5, 0.6) is 0 Å². The van der Waals surface area contributed by atoms with E-state index in [2.05, 4.69) is 54.5 Å². The van der Waals surface area contributed by atoms with Gasteiger partial charge in [0.2, 0.25) is 0 Å². The Morgan fingerprint density at radius 3 is 1.66 bits per heavy atom. The molecule has 0 aliphatic carbocycles. The Morgan fingerprint density at radius 2 is 1.19 bits per heavy atom. The second kappa shape index (κ2) is 30.7. The highest BCUT2D eigenvalue weighted by atomic mass is 16.5. The van der Waals surface area contributed by atoms with Gasteiger partial charge in [0, 0.05) is 26.2 Å². The standard InChI is InChI=1S/C45H76N2O6/c1-5-8-19-25-39-36-43(48)51-34-23-17-13-11-15-21-27-41(53-45(50)38-47-32-30-46(4)31-33-47)28-22-16-12-14-18-24-35-52-44(49)37-40(26-20-9-6-2)42(39)29-10-7-3/h39-41H,3,5-6,8-9,11-28,30-38H2,1-2,4H3. The number of allylic oxidation sites excluding steroid dienone is 1. The van der Waals surface area contributed by atoms with Gasteiger partial charge in [-0.2, -0.15) is 0 Å². The molecule has 2 heterocycles. The number of carbonyl (C=O) groups is 3. The van der Waals surface area contributed by atoms with Crippen LogP contribution in [0, 0.1) is 11.8 Å². The van der Waals surface area contributed by atoms with Gasteiger partial charge in [-0.1, -0.05) is 115 Å². The number of likely N-dealkylation sites (N-methyl/N-ethyl adjacent to an activating group) is 1. The maximum Gasteiger partial charge on any atom is 0.320 e. The maximum absolute atomic E-state index is 13.2. The number of hydrogen-bond acceptors (Lipinski definition) is 8. The zero-order valence-electron chi connectivity index (χ0n) is 34.2. The third kappa shape index (κ3) is 23.1. The van der Waals surface area contributed by atoms with Gasteiger partial charge in [-0.25, -0.2) is 0 Å². The molecule has 2 fully saturated rings. The first-order chi connectivity index (χ1) is 25.9. The van der Waals surface area contributed by atoms with Crippen molar-refractivity contribution in [1.82, 2.24) is 9.80 Å². The largest absolute Gasteiger partial charge is 0.466 e. The Kier molecular flexibility index (Phi) is 27.0. The quantitative estimate of drug-likeness (QED) is 0.0896. The first-order valence-corrected chi connectivity index (χ1v) is 21.7. The van der Waals surface area contributed by atoms with Crippen LogP contribution < -0.4 is 0 Å². The lowest BCUT2D eigenvalue weighted by Crippen LogP contribution is -2.46. The summed E-state index contributed by atoms with van der Waals surface area (Å²) in [6.45, 7) is 13.1. The van der Waals surface area contributed by atoms with Gasteiger partial charge >= 0.3 is 17.9 Å². The second-order valence-electron chi connectivity index (χ2n) is 15.6. The predicted molar refractivity (Wildman–Crippen MR) is 215 cm³/mol. The molecule has 302 valence electrons. The summed E-state index contributed by atoms with van der Waals surface area (Å²) in [6.07, 6.45) is 23.1. The third-order valence-corrected chi connectivity index (χ3v) is 10.9. The van der Waals surface area contributed by atoms with Crippen LogP contribution in [0.3, 0.4) is 0 Å². The molecule has 8 nitrogen and oxygen atoms in total. The van der Waals surface area contributed by atoms with E-state index < -0.39 is 0 Å². The summed E-state index contributed by atoms with van der Waals surface area (Å²) in [5, 5.41) is 0. The molecule has 0 N–H and O–H groups in total. The lowest BCUT2D eigenvalue weighted by atomic mass is 9.79. The van der Waals surface area contributed by atoms with Crippen LogP contribution in [-0.2, 0) is 28.6 Å². The maximum atomic E-state index is 13.2. The molecule has 2 atom stereocenters.